The van der Waals surface area contributed by atoms with E-state index in [1.807, 2.05) is 36.5 Å². The molecular formula is C23H25N5O2S. The largest absolute Gasteiger partial charge is 0.357 e. The Morgan fingerprint density at radius 1 is 1.03 bits per heavy atom. The molecule has 7 nitrogen and oxygen atoms in total. The highest BCUT2D eigenvalue weighted by atomic mass is 32.1. The number of carbonyl (C=O) groups is 2. The summed E-state index contributed by atoms with van der Waals surface area (Å²) >= 11 is 1.31. The van der Waals surface area contributed by atoms with Gasteiger partial charge in [-0.3, -0.25) is 14.9 Å². The summed E-state index contributed by atoms with van der Waals surface area (Å²) < 4.78 is 0. The molecule has 1 aliphatic heterocycles. The van der Waals surface area contributed by atoms with Gasteiger partial charge in [0.15, 0.2) is 5.13 Å². The monoisotopic (exact) mass is 435 g/mol. The zero-order chi connectivity index (χ0) is 21.5. The number of rotatable bonds is 7. The summed E-state index contributed by atoms with van der Waals surface area (Å²) in [7, 11) is 0. The molecule has 0 unspecified atom stereocenters. The van der Waals surface area contributed by atoms with Crippen molar-refractivity contribution in [3.63, 3.8) is 0 Å². The lowest BCUT2D eigenvalue weighted by molar-refractivity contribution is -0.120. The maximum absolute atomic E-state index is 12.3. The topological polar surface area (TPSA) is 87.2 Å². The quantitative estimate of drug-likeness (QED) is 0.592. The van der Waals surface area contributed by atoms with Gasteiger partial charge in [0.1, 0.15) is 5.82 Å². The molecule has 0 spiro atoms. The van der Waals surface area contributed by atoms with Crippen LogP contribution in [0, 0.1) is 0 Å². The van der Waals surface area contributed by atoms with E-state index in [-0.39, 0.29) is 18.2 Å². The van der Waals surface area contributed by atoms with Gasteiger partial charge in [0, 0.05) is 36.8 Å². The van der Waals surface area contributed by atoms with Crippen molar-refractivity contribution in [3.05, 3.63) is 70.9 Å². The number of nitrogens with zero attached hydrogens (tertiary/aromatic N) is 3. The highest BCUT2D eigenvalue weighted by Crippen LogP contribution is 2.18. The lowest BCUT2D eigenvalue weighted by Crippen LogP contribution is -2.30. The number of carbonyl (C=O) groups excluding carboxylic acids is 2. The Hall–Kier alpha value is -3.26. The molecule has 0 radical (unpaired) electrons. The molecule has 3 aromatic rings. The Kier molecular flexibility index (Phi) is 6.89. The summed E-state index contributed by atoms with van der Waals surface area (Å²) in [4.78, 5) is 35.7. The number of piperidine rings is 1. The van der Waals surface area contributed by atoms with Crippen LogP contribution in [0.1, 0.15) is 40.9 Å². The first-order valence-electron chi connectivity index (χ1n) is 10.4. The van der Waals surface area contributed by atoms with Crippen molar-refractivity contribution in [2.24, 2.45) is 0 Å². The van der Waals surface area contributed by atoms with Crippen LogP contribution in [0.3, 0.4) is 0 Å². The van der Waals surface area contributed by atoms with Gasteiger partial charge in [0.2, 0.25) is 5.91 Å². The second-order valence-corrected chi connectivity index (χ2v) is 8.35. The number of hydrogen-bond acceptors (Lipinski definition) is 6. The molecule has 0 aliphatic carbocycles. The zero-order valence-electron chi connectivity index (χ0n) is 17.2. The predicted molar refractivity (Wildman–Crippen MR) is 122 cm³/mol. The third kappa shape index (κ3) is 5.88. The van der Waals surface area contributed by atoms with Crippen LogP contribution >= 0.6 is 11.3 Å². The fourth-order valence-corrected chi connectivity index (χ4v) is 4.17. The lowest BCUT2D eigenvalue weighted by Gasteiger charge is -2.27. The van der Waals surface area contributed by atoms with Crippen molar-refractivity contribution in [2.45, 2.75) is 32.2 Å². The molecule has 8 heteroatoms. The van der Waals surface area contributed by atoms with Gasteiger partial charge in [-0.25, -0.2) is 9.97 Å². The Labute approximate surface area is 185 Å². The van der Waals surface area contributed by atoms with E-state index in [0.29, 0.717) is 22.9 Å². The van der Waals surface area contributed by atoms with E-state index in [4.69, 9.17) is 0 Å². The van der Waals surface area contributed by atoms with Crippen LogP contribution in [-0.4, -0.2) is 34.9 Å². The van der Waals surface area contributed by atoms with Gasteiger partial charge in [-0.05, 0) is 43.0 Å². The predicted octanol–water partition coefficient (Wildman–Crippen LogP) is 3.64. The standard InChI is InChI=1S/C23H25N5O2S/c29-21(25-15-17-9-10-20(24-14-17)28-11-5-2-6-12-28)13-19-16-31-23(26-19)27-22(30)18-7-3-1-4-8-18/h1,3-4,7-10,14,16H,2,5-6,11-13,15H2,(H,25,29)(H,26,27,30). The average molecular weight is 436 g/mol. The van der Waals surface area contributed by atoms with E-state index >= 15 is 0 Å². The Morgan fingerprint density at radius 3 is 2.58 bits per heavy atom. The summed E-state index contributed by atoms with van der Waals surface area (Å²) in [5.41, 5.74) is 2.16. The summed E-state index contributed by atoms with van der Waals surface area (Å²) in [5, 5.41) is 7.94. The van der Waals surface area contributed by atoms with Crippen molar-refractivity contribution in [1.82, 2.24) is 15.3 Å². The molecule has 0 atom stereocenters. The average Bonchev–Trinajstić information content (AvgIpc) is 3.25. The van der Waals surface area contributed by atoms with Crippen LogP contribution in [-0.2, 0) is 17.8 Å². The molecular weight excluding hydrogens is 410 g/mol. The molecule has 2 N–H and O–H groups in total. The van der Waals surface area contributed by atoms with Gasteiger partial charge >= 0.3 is 0 Å². The minimum atomic E-state index is -0.216. The van der Waals surface area contributed by atoms with Crippen LogP contribution in [0.25, 0.3) is 0 Å². The normalized spacial score (nSPS) is 13.6. The Morgan fingerprint density at radius 2 is 1.84 bits per heavy atom. The van der Waals surface area contributed by atoms with Crippen LogP contribution in [0.2, 0.25) is 0 Å². The maximum Gasteiger partial charge on any atom is 0.257 e. The smallest absolute Gasteiger partial charge is 0.257 e. The summed E-state index contributed by atoms with van der Waals surface area (Å²) in [5.74, 6) is 0.667. The van der Waals surface area contributed by atoms with Crippen LogP contribution in [0.15, 0.2) is 54.0 Å². The fourth-order valence-electron chi connectivity index (χ4n) is 3.46. The lowest BCUT2D eigenvalue weighted by atomic mass is 10.1. The second kappa shape index (κ2) is 10.2. The van der Waals surface area contributed by atoms with Crippen molar-refractivity contribution in [2.75, 3.05) is 23.3 Å². The van der Waals surface area contributed by atoms with Gasteiger partial charge in [-0.2, -0.15) is 0 Å². The SMILES string of the molecule is O=C(Cc1csc(NC(=O)c2ccccc2)n1)NCc1ccc(N2CCCCC2)nc1. The van der Waals surface area contributed by atoms with Gasteiger partial charge in [0.25, 0.3) is 5.91 Å². The molecule has 1 fully saturated rings. The summed E-state index contributed by atoms with van der Waals surface area (Å²) in [6, 6.07) is 13.0. The number of benzene rings is 1. The van der Waals surface area contributed by atoms with Crippen molar-refractivity contribution < 1.29 is 9.59 Å². The zero-order valence-corrected chi connectivity index (χ0v) is 18.0. The molecule has 1 aliphatic rings. The van der Waals surface area contributed by atoms with Crippen LogP contribution in [0.4, 0.5) is 10.9 Å². The van der Waals surface area contributed by atoms with Crippen LogP contribution < -0.4 is 15.5 Å². The van der Waals surface area contributed by atoms with Crippen molar-refractivity contribution in [3.8, 4) is 0 Å². The first-order valence-corrected chi connectivity index (χ1v) is 11.3. The van der Waals surface area contributed by atoms with E-state index in [2.05, 4.69) is 25.5 Å². The number of anilines is 2. The van der Waals surface area contributed by atoms with E-state index in [0.717, 1.165) is 24.5 Å². The first kappa shape index (κ1) is 21.0. The van der Waals surface area contributed by atoms with Crippen molar-refractivity contribution in [1.29, 1.82) is 0 Å². The van der Waals surface area contributed by atoms with E-state index < -0.39 is 0 Å². The third-order valence-electron chi connectivity index (χ3n) is 5.13. The molecule has 1 saturated heterocycles. The highest BCUT2D eigenvalue weighted by Gasteiger charge is 2.13. The fraction of sp³-hybridized carbons (Fsp3) is 0.304. The second-order valence-electron chi connectivity index (χ2n) is 7.49. The van der Waals surface area contributed by atoms with Gasteiger partial charge in [0.05, 0.1) is 12.1 Å². The molecule has 31 heavy (non-hydrogen) atoms. The van der Waals surface area contributed by atoms with Crippen LogP contribution in [0.5, 0.6) is 0 Å². The molecule has 3 heterocycles. The minimum Gasteiger partial charge on any atom is -0.357 e. The third-order valence-corrected chi connectivity index (χ3v) is 5.94. The Balaban J connectivity index is 1.24. The van der Waals surface area contributed by atoms with Gasteiger partial charge in [-0.15, -0.1) is 11.3 Å². The Bertz CT molecular complexity index is 1010. The number of thiazole rings is 1. The highest BCUT2D eigenvalue weighted by molar-refractivity contribution is 7.14. The summed E-state index contributed by atoms with van der Waals surface area (Å²) in [6.07, 6.45) is 5.71. The summed E-state index contributed by atoms with van der Waals surface area (Å²) in [6.45, 7) is 2.54. The first-order chi connectivity index (χ1) is 15.2. The number of hydrogen-bond donors (Lipinski definition) is 2. The van der Waals surface area contributed by atoms with Crippen molar-refractivity contribution >= 4 is 34.1 Å². The molecule has 2 amide bonds. The molecule has 0 bridgehead atoms. The van der Waals surface area contributed by atoms with E-state index in [1.165, 1.54) is 30.6 Å². The number of aromatic nitrogens is 2. The van der Waals surface area contributed by atoms with E-state index in [1.54, 1.807) is 17.5 Å². The minimum absolute atomic E-state index is 0.119. The number of pyridine rings is 1. The number of amides is 2. The van der Waals surface area contributed by atoms with Gasteiger partial charge < -0.3 is 10.2 Å². The molecule has 0 saturated carbocycles. The molecule has 160 valence electrons. The number of nitrogens with one attached hydrogen (secondary N) is 2. The maximum atomic E-state index is 12.3. The molecule has 2 aromatic heterocycles. The van der Waals surface area contributed by atoms with E-state index in [9.17, 15) is 9.59 Å². The van der Waals surface area contributed by atoms with Gasteiger partial charge in [-0.1, -0.05) is 24.3 Å². The molecule has 1 aromatic carbocycles. The molecule has 4 rings (SSSR count).